The lowest BCUT2D eigenvalue weighted by atomic mass is 10.0. The Morgan fingerprint density at radius 3 is 2.62 bits per heavy atom. The lowest BCUT2D eigenvalue weighted by Crippen LogP contribution is -2.31. The Balaban J connectivity index is 1.52. The molecule has 5 aromatic rings. The maximum absolute atomic E-state index is 13.4. The molecule has 1 amide bonds. The summed E-state index contributed by atoms with van der Waals surface area (Å²) in [6.07, 6.45) is 1.40. The van der Waals surface area contributed by atoms with Gasteiger partial charge < -0.3 is 5.32 Å². The number of para-hydroxylation sites is 1. The molecular weight excluding hydrogens is 447 g/mol. The number of anilines is 1. The number of amides is 1. The monoisotopic (exact) mass is 464 g/mol. The Labute approximate surface area is 190 Å². The highest BCUT2D eigenvalue weighted by Gasteiger charge is 2.22. The van der Waals surface area contributed by atoms with E-state index in [2.05, 4.69) is 15.3 Å². The first-order valence-corrected chi connectivity index (χ1v) is 11.5. The predicted octanol–water partition coefficient (Wildman–Crippen LogP) is 5.38. The first-order valence-electron chi connectivity index (χ1n) is 9.85. The number of thiophene rings is 1. The predicted molar refractivity (Wildman–Crippen MR) is 127 cm³/mol. The molecule has 6 nitrogen and oxygen atoms in total. The molecule has 0 saturated heterocycles. The van der Waals surface area contributed by atoms with Crippen LogP contribution in [0.15, 0.2) is 59.7 Å². The van der Waals surface area contributed by atoms with E-state index in [4.69, 9.17) is 0 Å². The van der Waals surface area contributed by atoms with Gasteiger partial charge in [-0.1, -0.05) is 35.6 Å². The summed E-state index contributed by atoms with van der Waals surface area (Å²) >= 11 is 2.77. The van der Waals surface area contributed by atoms with Crippen LogP contribution in [0.1, 0.15) is 17.8 Å². The van der Waals surface area contributed by atoms with E-state index in [-0.39, 0.29) is 17.3 Å². The third-order valence-corrected chi connectivity index (χ3v) is 7.23. The van der Waals surface area contributed by atoms with Crippen LogP contribution in [-0.2, 0) is 4.79 Å². The van der Waals surface area contributed by atoms with Crippen LogP contribution in [0.25, 0.3) is 31.6 Å². The molecule has 0 saturated carbocycles. The number of carbonyl (C=O) groups is 1. The largest absolute Gasteiger partial charge is 0.300 e. The molecule has 32 heavy (non-hydrogen) atoms. The summed E-state index contributed by atoms with van der Waals surface area (Å²) in [6.45, 7) is 3.55. The molecule has 0 fully saturated rings. The first kappa shape index (κ1) is 20.5. The van der Waals surface area contributed by atoms with Crippen molar-refractivity contribution >= 4 is 54.1 Å². The molecule has 1 unspecified atom stereocenters. The van der Waals surface area contributed by atoms with Crippen LogP contribution in [-0.4, -0.2) is 20.4 Å². The van der Waals surface area contributed by atoms with E-state index in [9.17, 15) is 14.0 Å². The van der Waals surface area contributed by atoms with Gasteiger partial charge >= 0.3 is 0 Å². The number of fused-ring (bicyclic) bond motifs is 2. The number of carbonyl (C=O) groups excluding carboxylic acids is 1. The normalized spacial score (nSPS) is 12.3. The van der Waals surface area contributed by atoms with Gasteiger partial charge in [-0.25, -0.2) is 14.4 Å². The quantitative estimate of drug-likeness (QED) is 0.387. The summed E-state index contributed by atoms with van der Waals surface area (Å²) < 4.78 is 15.7. The Morgan fingerprint density at radius 2 is 1.88 bits per heavy atom. The highest BCUT2D eigenvalue weighted by molar-refractivity contribution is 7.22. The van der Waals surface area contributed by atoms with Gasteiger partial charge in [-0.2, -0.15) is 0 Å². The van der Waals surface area contributed by atoms with E-state index >= 15 is 0 Å². The molecule has 2 aromatic carbocycles. The highest BCUT2D eigenvalue weighted by atomic mass is 32.1. The molecule has 0 spiro atoms. The number of halogens is 1. The third-order valence-electron chi connectivity index (χ3n) is 5.27. The molecule has 160 valence electrons. The molecule has 3 aromatic heterocycles. The Hall–Kier alpha value is -3.43. The number of hydrogen-bond donors (Lipinski definition) is 1. The second-order valence-corrected chi connectivity index (χ2v) is 9.56. The zero-order valence-electron chi connectivity index (χ0n) is 17.1. The minimum atomic E-state index is -0.798. The van der Waals surface area contributed by atoms with Crippen molar-refractivity contribution in [3.63, 3.8) is 0 Å². The second-order valence-electron chi connectivity index (χ2n) is 7.33. The van der Waals surface area contributed by atoms with Crippen molar-refractivity contribution in [2.45, 2.75) is 19.9 Å². The fourth-order valence-corrected chi connectivity index (χ4v) is 5.49. The van der Waals surface area contributed by atoms with Gasteiger partial charge in [0.05, 0.1) is 21.9 Å². The van der Waals surface area contributed by atoms with Crippen LogP contribution < -0.4 is 10.9 Å². The molecule has 1 atom stereocenters. The first-order chi connectivity index (χ1) is 15.4. The van der Waals surface area contributed by atoms with Gasteiger partial charge in [0, 0.05) is 10.4 Å². The Morgan fingerprint density at radius 1 is 1.12 bits per heavy atom. The maximum atomic E-state index is 13.4. The zero-order valence-corrected chi connectivity index (χ0v) is 18.8. The molecule has 0 bridgehead atoms. The van der Waals surface area contributed by atoms with Crippen molar-refractivity contribution in [3.8, 4) is 11.1 Å². The number of aryl methyl sites for hydroxylation is 1. The molecule has 5 rings (SSSR count). The van der Waals surface area contributed by atoms with E-state index in [0.717, 1.165) is 26.2 Å². The van der Waals surface area contributed by atoms with Crippen LogP contribution in [0, 0.1) is 12.7 Å². The Bertz CT molecular complexity index is 1500. The van der Waals surface area contributed by atoms with E-state index < -0.39 is 6.04 Å². The van der Waals surface area contributed by atoms with Crippen LogP contribution >= 0.6 is 22.7 Å². The van der Waals surface area contributed by atoms with Gasteiger partial charge in [0.1, 0.15) is 16.7 Å². The average molecular weight is 465 g/mol. The number of rotatable bonds is 4. The van der Waals surface area contributed by atoms with Crippen LogP contribution in [0.3, 0.4) is 0 Å². The molecule has 0 aliphatic carbocycles. The minimum absolute atomic E-state index is 0.314. The molecule has 0 aliphatic rings. The lowest BCUT2D eigenvalue weighted by molar-refractivity contribution is -0.118. The van der Waals surface area contributed by atoms with Crippen molar-refractivity contribution < 1.29 is 9.18 Å². The van der Waals surface area contributed by atoms with Crippen LogP contribution in [0.4, 0.5) is 9.52 Å². The zero-order chi connectivity index (χ0) is 22.4. The smallest absolute Gasteiger partial charge is 0.263 e. The topological polar surface area (TPSA) is 76.9 Å². The van der Waals surface area contributed by atoms with Gasteiger partial charge in [0.15, 0.2) is 5.13 Å². The summed E-state index contributed by atoms with van der Waals surface area (Å²) in [5, 5.41) is 3.71. The fourth-order valence-electron chi connectivity index (χ4n) is 3.62. The fraction of sp³-hybridized carbons (Fsp3) is 0.130. The SMILES string of the molecule is Cc1sc2ncn(C(C)C(=O)Nc3nc4ccccc4s3)c(=O)c2c1-c1ccc(F)cc1. The maximum Gasteiger partial charge on any atom is 0.263 e. The summed E-state index contributed by atoms with van der Waals surface area (Å²) in [6, 6.07) is 12.8. The van der Waals surface area contributed by atoms with Crippen molar-refractivity contribution in [2.24, 2.45) is 0 Å². The van der Waals surface area contributed by atoms with Crippen molar-refractivity contribution in [2.75, 3.05) is 5.32 Å². The third kappa shape index (κ3) is 3.49. The van der Waals surface area contributed by atoms with Crippen molar-refractivity contribution in [1.82, 2.24) is 14.5 Å². The van der Waals surface area contributed by atoms with Gasteiger partial charge in [0.2, 0.25) is 5.91 Å². The van der Waals surface area contributed by atoms with Gasteiger partial charge in [-0.05, 0) is 43.7 Å². The van der Waals surface area contributed by atoms with Crippen molar-refractivity contribution in [3.05, 3.63) is 75.9 Å². The number of nitrogens with one attached hydrogen (secondary N) is 1. The van der Waals surface area contributed by atoms with Crippen molar-refractivity contribution in [1.29, 1.82) is 0 Å². The van der Waals surface area contributed by atoms with Gasteiger partial charge in [-0.3, -0.25) is 14.2 Å². The summed E-state index contributed by atoms with van der Waals surface area (Å²) in [7, 11) is 0. The average Bonchev–Trinajstić information content (AvgIpc) is 3.34. The molecule has 9 heteroatoms. The van der Waals surface area contributed by atoms with E-state index in [1.54, 1.807) is 19.1 Å². The number of thiazole rings is 1. The van der Waals surface area contributed by atoms with E-state index in [0.29, 0.717) is 15.3 Å². The molecule has 3 heterocycles. The van der Waals surface area contributed by atoms with Gasteiger partial charge in [0.25, 0.3) is 5.56 Å². The molecule has 1 N–H and O–H groups in total. The lowest BCUT2D eigenvalue weighted by Gasteiger charge is -2.14. The van der Waals surface area contributed by atoms with Crippen LogP contribution in [0.2, 0.25) is 0 Å². The number of benzene rings is 2. The van der Waals surface area contributed by atoms with Gasteiger partial charge in [-0.15, -0.1) is 11.3 Å². The number of nitrogens with zero attached hydrogens (tertiary/aromatic N) is 3. The second kappa shape index (κ2) is 7.92. The number of aromatic nitrogens is 3. The molecule has 0 radical (unpaired) electrons. The van der Waals surface area contributed by atoms with Crippen LogP contribution in [0.5, 0.6) is 0 Å². The summed E-state index contributed by atoms with van der Waals surface area (Å²) in [5.41, 5.74) is 1.94. The highest BCUT2D eigenvalue weighted by Crippen LogP contribution is 2.35. The Kier molecular flexibility index (Phi) is 5.07. The summed E-state index contributed by atoms with van der Waals surface area (Å²) in [4.78, 5) is 36.6. The minimum Gasteiger partial charge on any atom is -0.300 e. The standard InChI is InChI=1S/C23H17FN4O2S2/c1-12(20(29)27-23-26-16-5-3-4-6-17(16)32-23)28-11-25-21-19(22(28)30)18(13(2)31-21)14-7-9-15(24)10-8-14/h3-12H,1-2H3,(H,26,27,29). The molecular formula is C23H17FN4O2S2. The van der Waals surface area contributed by atoms with E-state index in [1.165, 1.54) is 45.7 Å². The summed E-state index contributed by atoms with van der Waals surface area (Å²) in [5.74, 6) is -0.704. The van der Waals surface area contributed by atoms with E-state index in [1.807, 2.05) is 31.2 Å². The number of hydrogen-bond acceptors (Lipinski definition) is 6. The molecule has 0 aliphatic heterocycles.